The van der Waals surface area contributed by atoms with Crippen molar-refractivity contribution in [2.45, 2.75) is 78.5 Å². The van der Waals surface area contributed by atoms with Crippen molar-refractivity contribution in [1.82, 2.24) is 4.90 Å². The van der Waals surface area contributed by atoms with Crippen LogP contribution in [0.2, 0.25) is 0 Å². The highest BCUT2D eigenvalue weighted by molar-refractivity contribution is 5.69. The van der Waals surface area contributed by atoms with Crippen LogP contribution >= 0.6 is 0 Å². The van der Waals surface area contributed by atoms with Gasteiger partial charge in [-0.15, -0.1) is 0 Å². The number of nitrogens with zero attached hydrogens (tertiary/aromatic N) is 1. The van der Waals surface area contributed by atoms with Crippen molar-refractivity contribution in [2.24, 2.45) is 0 Å². The maximum absolute atomic E-state index is 12.0. The smallest absolute Gasteiger partial charge is 0.306 e. The van der Waals surface area contributed by atoms with E-state index in [-0.39, 0.29) is 11.9 Å². The topological polar surface area (TPSA) is 38.8 Å². The third kappa shape index (κ3) is 8.75. The van der Waals surface area contributed by atoms with E-state index in [0.717, 1.165) is 29.8 Å². The fourth-order valence-corrected chi connectivity index (χ4v) is 4.95. The summed E-state index contributed by atoms with van der Waals surface area (Å²) in [5, 5.41) is 0. The van der Waals surface area contributed by atoms with Crippen LogP contribution < -0.4 is 4.74 Å². The number of ether oxygens (including phenoxy) is 2. The highest BCUT2D eigenvalue weighted by atomic mass is 16.5. The molecule has 0 amide bonds. The average Bonchev–Trinajstić information content (AvgIpc) is 2.90. The Kier molecular flexibility index (Phi) is 11.2. The molecule has 0 aliphatic heterocycles. The second-order valence-electron chi connectivity index (χ2n) is 10.1. The molecule has 3 aromatic carbocycles. The lowest BCUT2D eigenvalue weighted by molar-refractivity contribution is -0.143. The lowest BCUT2D eigenvalue weighted by atomic mass is 9.86. The molecule has 3 aromatic rings. The van der Waals surface area contributed by atoms with E-state index in [1.807, 2.05) is 25.1 Å². The summed E-state index contributed by atoms with van der Waals surface area (Å²) in [7, 11) is 0. The molecule has 4 nitrogen and oxygen atoms in total. The Morgan fingerprint density at radius 3 is 2.11 bits per heavy atom. The molecule has 0 aliphatic carbocycles. The molecule has 0 unspecified atom stereocenters. The van der Waals surface area contributed by atoms with Gasteiger partial charge in [0, 0.05) is 30.0 Å². The fraction of sp³-hybridized carbons (Fsp3) is 0.424. The van der Waals surface area contributed by atoms with Crippen molar-refractivity contribution in [3.8, 4) is 5.75 Å². The molecule has 0 saturated carbocycles. The molecule has 3 rings (SSSR count). The van der Waals surface area contributed by atoms with Crippen LogP contribution in [0.3, 0.4) is 0 Å². The molecule has 198 valence electrons. The van der Waals surface area contributed by atoms with Crippen LogP contribution in [-0.2, 0) is 22.6 Å². The summed E-state index contributed by atoms with van der Waals surface area (Å²) in [4.78, 5) is 14.6. The van der Waals surface area contributed by atoms with Gasteiger partial charge in [-0.1, -0.05) is 72.8 Å². The van der Waals surface area contributed by atoms with Crippen LogP contribution in [0.1, 0.15) is 75.6 Å². The summed E-state index contributed by atoms with van der Waals surface area (Å²) < 4.78 is 11.6. The number of hydrogen-bond acceptors (Lipinski definition) is 4. The lowest BCUT2D eigenvalue weighted by Crippen LogP contribution is -2.38. The maximum atomic E-state index is 12.0. The van der Waals surface area contributed by atoms with Gasteiger partial charge in [0.2, 0.25) is 0 Å². The Balaban J connectivity index is 1.96. The van der Waals surface area contributed by atoms with E-state index in [1.165, 1.54) is 11.1 Å². The van der Waals surface area contributed by atoms with Gasteiger partial charge in [-0.25, -0.2) is 0 Å². The third-order valence-electron chi connectivity index (χ3n) is 6.81. The van der Waals surface area contributed by atoms with Crippen molar-refractivity contribution >= 4 is 5.97 Å². The van der Waals surface area contributed by atoms with Crippen molar-refractivity contribution in [3.05, 3.63) is 101 Å². The molecule has 0 spiro atoms. The first-order valence-corrected chi connectivity index (χ1v) is 13.6. The summed E-state index contributed by atoms with van der Waals surface area (Å²) in [6.45, 7) is 12.8. The van der Waals surface area contributed by atoms with Crippen LogP contribution in [0, 0.1) is 0 Å². The zero-order valence-corrected chi connectivity index (χ0v) is 23.2. The number of benzene rings is 3. The molecule has 0 aliphatic rings. The minimum Gasteiger partial charge on any atom is -0.489 e. The van der Waals surface area contributed by atoms with Crippen molar-refractivity contribution in [3.63, 3.8) is 0 Å². The Bertz CT molecular complexity index is 1070. The van der Waals surface area contributed by atoms with Gasteiger partial charge in [-0.3, -0.25) is 9.69 Å². The number of rotatable bonds is 14. The summed E-state index contributed by atoms with van der Waals surface area (Å²) >= 11 is 0. The van der Waals surface area contributed by atoms with Crippen molar-refractivity contribution < 1.29 is 14.3 Å². The second-order valence-corrected chi connectivity index (χ2v) is 10.1. The second kappa shape index (κ2) is 14.6. The van der Waals surface area contributed by atoms with Crippen LogP contribution in [0.5, 0.6) is 5.75 Å². The van der Waals surface area contributed by atoms with Gasteiger partial charge in [-0.2, -0.15) is 0 Å². The van der Waals surface area contributed by atoms with Gasteiger partial charge < -0.3 is 9.47 Å². The Hall–Kier alpha value is -3.11. The summed E-state index contributed by atoms with van der Waals surface area (Å²) in [6.07, 6.45) is 2.00. The lowest BCUT2D eigenvalue weighted by Gasteiger charge is -2.32. The van der Waals surface area contributed by atoms with Gasteiger partial charge in [0.05, 0.1) is 6.61 Å². The van der Waals surface area contributed by atoms with E-state index in [9.17, 15) is 4.79 Å². The highest BCUT2D eigenvalue weighted by Gasteiger charge is 2.22. The molecule has 0 saturated heterocycles. The van der Waals surface area contributed by atoms with Crippen LogP contribution in [0.4, 0.5) is 0 Å². The Morgan fingerprint density at radius 2 is 1.49 bits per heavy atom. The molecule has 37 heavy (non-hydrogen) atoms. The number of esters is 1. The van der Waals surface area contributed by atoms with E-state index in [4.69, 9.17) is 9.47 Å². The molecule has 0 heterocycles. The first kappa shape index (κ1) is 28.5. The number of carbonyl (C=O) groups is 1. The van der Waals surface area contributed by atoms with E-state index >= 15 is 0 Å². The predicted octanol–water partition coefficient (Wildman–Crippen LogP) is 7.40. The maximum Gasteiger partial charge on any atom is 0.306 e. The minimum atomic E-state index is -0.155. The standard InChI is InChI=1S/C33H43NO3/c1-6-36-33(35)20-18-27-17-19-32(37-24-28-13-9-7-10-14-28)31(23-27)30(29-15-11-8-12-16-29)21-22-34(25(2)3)26(4)5/h7-17,19,23,25-26,30H,6,18,20-22,24H2,1-5H3/t30-/m1/s1. The van der Waals surface area contributed by atoms with Crippen molar-refractivity contribution in [2.75, 3.05) is 13.2 Å². The van der Waals surface area contributed by atoms with Crippen LogP contribution in [-0.4, -0.2) is 36.1 Å². The zero-order valence-electron chi connectivity index (χ0n) is 23.2. The molecule has 0 fully saturated rings. The van der Waals surface area contributed by atoms with Gasteiger partial charge in [0.25, 0.3) is 0 Å². The average molecular weight is 502 g/mol. The SMILES string of the molecule is CCOC(=O)CCc1ccc(OCc2ccccc2)c([C@H](CCN(C(C)C)C(C)C)c2ccccc2)c1. The first-order chi connectivity index (χ1) is 17.9. The predicted molar refractivity (Wildman–Crippen MR) is 152 cm³/mol. The van der Waals surface area contributed by atoms with Crippen molar-refractivity contribution in [1.29, 1.82) is 0 Å². The van der Waals surface area contributed by atoms with Gasteiger partial charge >= 0.3 is 5.97 Å². The van der Waals surface area contributed by atoms with E-state index in [1.54, 1.807) is 0 Å². The minimum absolute atomic E-state index is 0.155. The third-order valence-corrected chi connectivity index (χ3v) is 6.81. The molecular weight excluding hydrogens is 458 g/mol. The molecular formula is C33H43NO3. The molecule has 0 aromatic heterocycles. The quantitative estimate of drug-likeness (QED) is 0.216. The van der Waals surface area contributed by atoms with E-state index in [2.05, 4.69) is 93.3 Å². The Morgan fingerprint density at radius 1 is 0.838 bits per heavy atom. The molecule has 0 bridgehead atoms. The summed E-state index contributed by atoms with van der Waals surface area (Å²) in [5.74, 6) is 0.922. The fourth-order valence-electron chi connectivity index (χ4n) is 4.95. The van der Waals surface area contributed by atoms with Crippen LogP contribution in [0.15, 0.2) is 78.9 Å². The monoisotopic (exact) mass is 501 g/mol. The van der Waals surface area contributed by atoms with Gasteiger partial charge in [0.15, 0.2) is 0 Å². The summed E-state index contributed by atoms with van der Waals surface area (Å²) in [5.41, 5.74) is 4.72. The van der Waals surface area contributed by atoms with Gasteiger partial charge in [-0.05, 0) is 76.8 Å². The van der Waals surface area contributed by atoms with Crippen LogP contribution in [0.25, 0.3) is 0 Å². The first-order valence-electron chi connectivity index (χ1n) is 13.6. The largest absolute Gasteiger partial charge is 0.489 e. The highest BCUT2D eigenvalue weighted by Crippen LogP contribution is 2.36. The molecule has 4 heteroatoms. The van der Waals surface area contributed by atoms with E-state index < -0.39 is 0 Å². The molecule has 0 radical (unpaired) electrons. The number of carbonyl (C=O) groups excluding carboxylic acids is 1. The number of aryl methyl sites for hydroxylation is 1. The zero-order chi connectivity index (χ0) is 26.6. The Labute approximate surface area is 223 Å². The normalized spacial score (nSPS) is 12.2. The van der Waals surface area contributed by atoms with E-state index in [0.29, 0.717) is 38.1 Å². The summed E-state index contributed by atoms with van der Waals surface area (Å²) in [6, 6.07) is 28.3. The van der Waals surface area contributed by atoms with Gasteiger partial charge in [0.1, 0.15) is 12.4 Å². The number of hydrogen-bond donors (Lipinski definition) is 0. The molecule has 1 atom stereocenters. The molecule has 0 N–H and O–H groups in total.